The summed E-state index contributed by atoms with van der Waals surface area (Å²) in [7, 11) is 1.28. The molecule has 0 amide bonds. The second-order valence-corrected chi connectivity index (χ2v) is 7.50. The van der Waals surface area contributed by atoms with Crippen LogP contribution in [-0.4, -0.2) is 43.3 Å². The minimum atomic E-state index is -1.10. The number of aromatic carboxylic acids is 1. The van der Waals surface area contributed by atoms with Crippen LogP contribution in [0.2, 0.25) is 10.3 Å². The van der Waals surface area contributed by atoms with E-state index >= 15 is 0 Å². The Hall–Kier alpha value is -4.28. The number of methoxy groups -OCH3 is 1. The number of esters is 1. The molecule has 35 heavy (non-hydrogen) atoms. The Bertz CT molecular complexity index is 1480. The molecular formula is C23H16Cl2N4O6. The number of nitrogens with zero attached hydrogens (tertiary/aromatic N) is 4. The Labute approximate surface area is 207 Å². The first-order valence-corrected chi connectivity index (χ1v) is 10.5. The topological polar surface area (TPSA) is 133 Å². The standard InChI is InChI=1S/C12H9ClN2O3.C11H7ClN2O3/c1-18-12(17)8-2-5-11(16)15(7-8)9-3-4-10(13)14-6-9;12-9-3-2-8(5-13-9)14-6-7(11(16)17)1-4-10(14)15/h2-7H,1H3;1-6H,(H,16,17). The van der Waals surface area contributed by atoms with Gasteiger partial charge >= 0.3 is 11.9 Å². The van der Waals surface area contributed by atoms with Crippen LogP contribution < -0.4 is 11.1 Å². The van der Waals surface area contributed by atoms with Crippen molar-refractivity contribution < 1.29 is 19.4 Å². The highest BCUT2D eigenvalue weighted by atomic mass is 35.5. The lowest BCUT2D eigenvalue weighted by atomic mass is 10.2. The number of hydrogen-bond acceptors (Lipinski definition) is 7. The molecule has 0 radical (unpaired) electrons. The number of carboxylic acid groups (broad SMARTS) is 1. The van der Waals surface area contributed by atoms with E-state index < -0.39 is 11.9 Å². The maximum absolute atomic E-state index is 11.7. The van der Waals surface area contributed by atoms with Gasteiger partial charge in [-0.3, -0.25) is 18.7 Å². The van der Waals surface area contributed by atoms with E-state index in [1.54, 1.807) is 18.2 Å². The Morgan fingerprint density at radius 1 is 0.771 bits per heavy atom. The third-order valence-corrected chi connectivity index (χ3v) is 4.92. The highest BCUT2D eigenvalue weighted by Crippen LogP contribution is 2.10. The van der Waals surface area contributed by atoms with Crippen LogP contribution in [0.4, 0.5) is 0 Å². The number of pyridine rings is 4. The molecular weight excluding hydrogens is 499 g/mol. The Morgan fingerprint density at radius 2 is 1.23 bits per heavy atom. The predicted molar refractivity (Wildman–Crippen MR) is 128 cm³/mol. The lowest BCUT2D eigenvalue weighted by Gasteiger charge is -2.06. The van der Waals surface area contributed by atoms with Crippen LogP contribution in [0, 0.1) is 0 Å². The summed E-state index contributed by atoms with van der Waals surface area (Å²) >= 11 is 11.3. The highest BCUT2D eigenvalue weighted by molar-refractivity contribution is 6.29. The van der Waals surface area contributed by atoms with Gasteiger partial charge in [-0.15, -0.1) is 0 Å². The van der Waals surface area contributed by atoms with E-state index in [1.165, 1.54) is 71.4 Å². The largest absolute Gasteiger partial charge is 0.478 e. The van der Waals surface area contributed by atoms with Crippen LogP contribution in [0.25, 0.3) is 11.4 Å². The predicted octanol–water partition coefficient (Wildman–Crippen LogP) is 3.26. The Balaban J connectivity index is 0.000000196. The number of carbonyl (C=O) groups excluding carboxylic acids is 1. The van der Waals surface area contributed by atoms with Crippen molar-refractivity contribution in [3.63, 3.8) is 0 Å². The minimum absolute atomic E-state index is 0.0274. The van der Waals surface area contributed by atoms with Gasteiger partial charge in [-0.25, -0.2) is 19.6 Å². The second-order valence-electron chi connectivity index (χ2n) is 6.73. The van der Waals surface area contributed by atoms with Gasteiger partial charge in [-0.2, -0.15) is 0 Å². The summed E-state index contributed by atoms with van der Waals surface area (Å²) in [5.74, 6) is -1.61. The zero-order valence-electron chi connectivity index (χ0n) is 18.0. The minimum Gasteiger partial charge on any atom is -0.478 e. The number of carboxylic acids is 1. The van der Waals surface area contributed by atoms with Crippen molar-refractivity contribution in [2.45, 2.75) is 0 Å². The number of rotatable bonds is 4. The number of ether oxygens (including phenoxy) is 1. The maximum atomic E-state index is 11.7. The van der Waals surface area contributed by atoms with Gasteiger partial charge in [0.25, 0.3) is 11.1 Å². The van der Waals surface area contributed by atoms with Gasteiger partial charge in [0.05, 0.1) is 42.0 Å². The summed E-state index contributed by atoms with van der Waals surface area (Å²) in [4.78, 5) is 53.2. The number of hydrogen-bond donors (Lipinski definition) is 1. The average Bonchev–Trinajstić information content (AvgIpc) is 2.85. The first-order chi connectivity index (χ1) is 16.7. The first kappa shape index (κ1) is 25.3. The molecule has 4 aromatic heterocycles. The highest BCUT2D eigenvalue weighted by Gasteiger charge is 2.09. The molecule has 1 N–H and O–H groups in total. The zero-order chi connectivity index (χ0) is 25.5. The van der Waals surface area contributed by atoms with Gasteiger partial charge in [-0.05, 0) is 36.4 Å². The molecule has 178 valence electrons. The van der Waals surface area contributed by atoms with Crippen LogP contribution in [0.3, 0.4) is 0 Å². The second kappa shape index (κ2) is 11.2. The van der Waals surface area contributed by atoms with Crippen LogP contribution in [0.1, 0.15) is 20.7 Å². The van der Waals surface area contributed by atoms with Gasteiger partial charge in [0.2, 0.25) is 0 Å². The summed E-state index contributed by atoms with van der Waals surface area (Å²) in [6, 6.07) is 11.5. The van der Waals surface area contributed by atoms with Gasteiger partial charge in [-0.1, -0.05) is 23.2 Å². The molecule has 0 unspecified atom stereocenters. The van der Waals surface area contributed by atoms with Gasteiger partial charge in [0.15, 0.2) is 0 Å². The quantitative estimate of drug-likeness (QED) is 0.324. The summed E-state index contributed by atoms with van der Waals surface area (Å²) in [6.45, 7) is 0. The summed E-state index contributed by atoms with van der Waals surface area (Å²) in [6.07, 6.45) is 5.49. The average molecular weight is 515 g/mol. The van der Waals surface area contributed by atoms with Crippen LogP contribution in [0.15, 0.2) is 82.9 Å². The normalized spacial score (nSPS) is 10.1. The van der Waals surface area contributed by atoms with Crippen molar-refractivity contribution in [2.75, 3.05) is 7.11 Å². The summed E-state index contributed by atoms with van der Waals surface area (Å²) < 4.78 is 7.10. The van der Waals surface area contributed by atoms with Crippen molar-refractivity contribution in [3.05, 3.63) is 115 Å². The smallest absolute Gasteiger partial charge is 0.339 e. The number of aromatic nitrogens is 4. The lowest BCUT2D eigenvalue weighted by Crippen LogP contribution is -2.18. The molecule has 0 aliphatic carbocycles. The van der Waals surface area contributed by atoms with Crippen molar-refractivity contribution in [1.82, 2.24) is 19.1 Å². The van der Waals surface area contributed by atoms with E-state index in [0.717, 1.165) is 0 Å². The molecule has 4 aromatic rings. The molecule has 0 fully saturated rings. The molecule has 0 spiro atoms. The maximum Gasteiger partial charge on any atom is 0.339 e. The fourth-order valence-electron chi connectivity index (χ4n) is 2.76. The van der Waals surface area contributed by atoms with Crippen molar-refractivity contribution in [3.8, 4) is 11.4 Å². The molecule has 0 atom stereocenters. The molecule has 0 aromatic carbocycles. The van der Waals surface area contributed by atoms with E-state index in [1.807, 2.05) is 0 Å². The van der Waals surface area contributed by atoms with Crippen LogP contribution in [0.5, 0.6) is 0 Å². The molecule has 12 heteroatoms. The van der Waals surface area contributed by atoms with E-state index in [4.69, 9.17) is 28.3 Å². The molecule has 10 nitrogen and oxygen atoms in total. The molecule has 0 saturated heterocycles. The lowest BCUT2D eigenvalue weighted by molar-refractivity contribution is 0.0599. The number of carbonyl (C=O) groups is 2. The molecule has 4 heterocycles. The fourth-order valence-corrected chi connectivity index (χ4v) is 2.99. The summed E-state index contributed by atoms with van der Waals surface area (Å²) in [5, 5.41) is 9.47. The Morgan fingerprint density at radius 3 is 1.63 bits per heavy atom. The number of halogens is 2. The SMILES string of the molecule is COC(=O)c1ccc(=O)n(-c2ccc(Cl)nc2)c1.O=C(O)c1ccc(=O)n(-c2ccc(Cl)nc2)c1. The molecule has 0 saturated carbocycles. The van der Waals surface area contributed by atoms with Crippen LogP contribution >= 0.6 is 23.2 Å². The Kier molecular flexibility index (Phi) is 8.13. The molecule has 4 rings (SSSR count). The molecule has 0 aliphatic heterocycles. The van der Waals surface area contributed by atoms with Crippen molar-refractivity contribution in [1.29, 1.82) is 0 Å². The third-order valence-electron chi connectivity index (χ3n) is 4.47. The summed E-state index contributed by atoms with van der Waals surface area (Å²) in [5.41, 5.74) is 0.690. The third kappa shape index (κ3) is 6.40. The van der Waals surface area contributed by atoms with E-state index in [0.29, 0.717) is 21.7 Å². The first-order valence-electron chi connectivity index (χ1n) is 9.70. The van der Waals surface area contributed by atoms with E-state index in [-0.39, 0.29) is 22.2 Å². The van der Waals surface area contributed by atoms with Gasteiger partial charge in [0.1, 0.15) is 10.3 Å². The molecule has 0 aliphatic rings. The van der Waals surface area contributed by atoms with Gasteiger partial charge < -0.3 is 9.84 Å². The molecule has 0 bridgehead atoms. The van der Waals surface area contributed by atoms with Crippen molar-refractivity contribution in [2.24, 2.45) is 0 Å². The zero-order valence-corrected chi connectivity index (χ0v) is 19.5. The van der Waals surface area contributed by atoms with Gasteiger partial charge in [0, 0.05) is 24.5 Å². The van der Waals surface area contributed by atoms with Crippen molar-refractivity contribution >= 4 is 35.1 Å². The fraction of sp³-hybridized carbons (Fsp3) is 0.0435. The monoisotopic (exact) mass is 514 g/mol. The van der Waals surface area contributed by atoms with E-state index in [2.05, 4.69) is 14.7 Å². The van der Waals surface area contributed by atoms with E-state index in [9.17, 15) is 19.2 Å². The van der Waals surface area contributed by atoms with Crippen LogP contribution in [-0.2, 0) is 4.74 Å².